The maximum absolute atomic E-state index is 13.6. The van der Waals surface area contributed by atoms with Crippen molar-refractivity contribution in [2.75, 3.05) is 13.1 Å². The number of Topliss-reactive ketones (excluding diaryl/α,β-unsaturated/α-hetero) is 1. The van der Waals surface area contributed by atoms with Gasteiger partial charge in [0.2, 0.25) is 0 Å². The summed E-state index contributed by atoms with van der Waals surface area (Å²) in [6.45, 7) is 2.28. The van der Waals surface area contributed by atoms with Gasteiger partial charge in [0.15, 0.2) is 11.6 Å². The molecule has 1 N–H and O–H groups in total. The number of aromatic nitrogens is 1. The highest BCUT2D eigenvalue weighted by Crippen LogP contribution is 2.18. The number of nitrogens with one attached hydrogen (secondary N) is 1. The molecule has 1 saturated heterocycles. The largest absolute Gasteiger partial charge is 0.316 e. The number of nitrogens with zero attached hydrogens (tertiary/aromatic N) is 1. The van der Waals surface area contributed by atoms with Crippen molar-refractivity contribution in [2.45, 2.75) is 32.1 Å². The number of carbonyl (C=O) groups is 1. The zero-order valence-electron chi connectivity index (χ0n) is 13.8. The van der Waals surface area contributed by atoms with Crippen LogP contribution in [0.15, 0.2) is 42.6 Å². The van der Waals surface area contributed by atoms with Gasteiger partial charge in [0.1, 0.15) is 5.69 Å². The van der Waals surface area contributed by atoms with Crippen LogP contribution in [0.5, 0.6) is 0 Å². The summed E-state index contributed by atoms with van der Waals surface area (Å²) >= 11 is 0. The molecular formula is C20H23FN2O. The molecule has 0 radical (unpaired) electrons. The third-order valence-corrected chi connectivity index (χ3v) is 4.65. The van der Waals surface area contributed by atoms with E-state index >= 15 is 0 Å². The molecule has 1 aromatic heterocycles. The van der Waals surface area contributed by atoms with Crippen molar-refractivity contribution in [3.05, 3.63) is 65.2 Å². The molecule has 1 unspecified atom stereocenters. The molecule has 2 heterocycles. The van der Waals surface area contributed by atoms with Gasteiger partial charge in [-0.05, 0) is 68.0 Å². The minimum atomic E-state index is -0.555. The Hall–Kier alpha value is -2.07. The number of benzene rings is 1. The number of pyridine rings is 1. The molecule has 1 aliphatic heterocycles. The zero-order valence-corrected chi connectivity index (χ0v) is 13.8. The molecule has 126 valence electrons. The van der Waals surface area contributed by atoms with E-state index in [1.807, 2.05) is 12.1 Å². The number of aryl methyl sites for hydroxylation is 1. The maximum atomic E-state index is 13.6. The number of piperidine rings is 1. The number of rotatable bonds is 6. The van der Waals surface area contributed by atoms with Gasteiger partial charge in [-0.25, -0.2) is 4.39 Å². The van der Waals surface area contributed by atoms with Crippen LogP contribution in [0, 0.1) is 11.7 Å². The summed E-state index contributed by atoms with van der Waals surface area (Å²) in [6, 6.07) is 10.8. The minimum absolute atomic E-state index is 0.0774. The van der Waals surface area contributed by atoms with Gasteiger partial charge in [0, 0.05) is 12.6 Å². The van der Waals surface area contributed by atoms with Crippen LogP contribution >= 0.6 is 0 Å². The summed E-state index contributed by atoms with van der Waals surface area (Å²) in [4.78, 5) is 16.0. The first kappa shape index (κ1) is 16.8. The van der Waals surface area contributed by atoms with Crippen molar-refractivity contribution < 1.29 is 9.18 Å². The van der Waals surface area contributed by atoms with Gasteiger partial charge in [-0.15, -0.1) is 0 Å². The molecule has 0 aliphatic carbocycles. The molecule has 24 heavy (non-hydrogen) atoms. The van der Waals surface area contributed by atoms with Gasteiger partial charge >= 0.3 is 0 Å². The monoisotopic (exact) mass is 326 g/mol. The van der Waals surface area contributed by atoms with Crippen molar-refractivity contribution >= 4 is 5.78 Å². The van der Waals surface area contributed by atoms with E-state index < -0.39 is 5.82 Å². The first-order valence-corrected chi connectivity index (χ1v) is 8.64. The Kier molecular flexibility index (Phi) is 5.70. The fraction of sp³-hybridized carbons (Fsp3) is 0.400. The number of ketones is 1. The molecule has 3 rings (SSSR count). The molecule has 0 amide bonds. The van der Waals surface area contributed by atoms with Crippen molar-refractivity contribution in [3.8, 4) is 0 Å². The van der Waals surface area contributed by atoms with Crippen LogP contribution in [-0.2, 0) is 12.8 Å². The fourth-order valence-electron chi connectivity index (χ4n) is 3.22. The highest BCUT2D eigenvalue weighted by atomic mass is 19.1. The molecule has 1 fully saturated rings. The average Bonchev–Trinajstić information content (AvgIpc) is 2.62. The highest BCUT2D eigenvalue weighted by molar-refractivity contribution is 5.95. The lowest BCUT2D eigenvalue weighted by molar-refractivity contribution is 0.0984. The first-order chi connectivity index (χ1) is 11.7. The van der Waals surface area contributed by atoms with E-state index in [0.29, 0.717) is 0 Å². The van der Waals surface area contributed by atoms with Crippen molar-refractivity contribution in [3.63, 3.8) is 0 Å². The highest BCUT2D eigenvalue weighted by Gasteiger charge is 2.14. The minimum Gasteiger partial charge on any atom is -0.316 e. The maximum Gasteiger partial charge on any atom is 0.188 e. The molecular weight excluding hydrogens is 303 g/mol. The standard InChI is InChI=1S/C20H23FN2O/c21-18-4-2-12-23-20(18)19(24)13-16-8-5-15(6-9-16)7-10-17-3-1-11-22-14-17/h2,4-6,8-9,12,17,22H,1,3,7,10-11,13-14H2. The molecule has 2 aromatic rings. The lowest BCUT2D eigenvalue weighted by Gasteiger charge is -2.22. The summed E-state index contributed by atoms with van der Waals surface area (Å²) in [7, 11) is 0. The molecule has 1 aromatic carbocycles. The van der Waals surface area contributed by atoms with Crippen molar-refractivity contribution in [1.82, 2.24) is 10.3 Å². The Morgan fingerprint density at radius 3 is 2.71 bits per heavy atom. The van der Waals surface area contributed by atoms with Crippen LogP contribution < -0.4 is 5.32 Å². The van der Waals surface area contributed by atoms with Gasteiger partial charge in [-0.3, -0.25) is 9.78 Å². The second-order valence-electron chi connectivity index (χ2n) is 6.50. The van der Waals surface area contributed by atoms with Crippen LogP contribution in [0.2, 0.25) is 0 Å². The van der Waals surface area contributed by atoms with E-state index in [0.717, 1.165) is 31.0 Å². The first-order valence-electron chi connectivity index (χ1n) is 8.64. The third kappa shape index (κ3) is 4.48. The second-order valence-corrected chi connectivity index (χ2v) is 6.50. The second kappa shape index (κ2) is 8.15. The molecule has 1 atom stereocenters. The lowest BCUT2D eigenvalue weighted by atomic mass is 9.92. The molecule has 4 heteroatoms. The fourth-order valence-corrected chi connectivity index (χ4v) is 3.22. The van der Waals surface area contributed by atoms with E-state index in [1.54, 1.807) is 0 Å². The van der Waals surface area contributed by atoms with Crippen molar-refractivity contribution in [1.29, 1.82) is 0 Å². The van der Waals surface area contributed by atoms with E-state index in [9.17, 15) is 9.18 Å². The predicted molar refractivity (Wildman–Crippen MR) is 92.6 cm³/mol. The van der Waals surface area contributed by atoms with Gasteiger partial charge in [0.05, 0.1) is 0 Å². The average molecular weight is 326 g/mol. The van der Waals surface area contributed by atoms with E-state index in [2.05, 4.69) is 22.4 Å². The summed E-state index contributed by atoms with van der Waals surface area (Å²) in [6.07, 6.45) is 6.48. The van der Waals surface area contributed by atoms with Gasteiger partial charge in [-0.2, -0.15) is 0 Å². The zero-order chi connectivity index (χ0) is 16.8. The Balaban J connectivity index is 1.54. The molecule has 3 nitrogen and oxygen atoms in total. The van der Waals surface area contributed by atoms with Crippen LogP contribution in [-0.4, -0.2) is 23.9 Å². The predicted octanol–water partition coefficient (Wildman–Crippen LogP) is 3.58. The summed E-state index contributed by atoms with van der Waals surface area (Å²) in [5.74, 6) is -0.0681. The van der Waals surface area contributed by atoms with Crippen LogP contribution in [0.25, 0.3) is 0 Å². The number of carbonyl (C=O) groups excluding carboxylic acids is 1. The van der Waals surface area contributed by atoms with Gasteiger partial charge < -0.3 is 5.32 Å². The molecule has 0 saturated carbocycles. The van der Waals surface area contributed by atoms with Crippen molar-refractivity contribution in [2.24, 2.45) is 5.92 Å². The molecule has 0 spiro atoms. The third-order valence-electron chi connectivity index (χ3n) is 4.65. The summed E-state index contributed by atoms with van der Waals surface area (Å²) in [5, 5.41) is 3.45. The van der Waals surface area contributed by atoms with E-state index in [4.69, 9.17) is 0 Å². The molecule has 0 bridgehead atoms. The Bertz CT molecular complexity index is 678. The van der Waals surface area contributed by atoms with Gasteiger partial charge in [-0.1, -0.05) is 24.3 Å². The molecule has 1 aliphatic rings. The number of halogens is 1. The van der Waals surface area contributed by atoms with E-state index in [-0.39, 0.29) is 17.9 Å². The number of hydrogen-bond donors (Lipinski definition) is 1. The SMILES string of the molecule is O=C(Cc1ccc(CCC2CCCNC2)cc1)c1ncccc1F. The quantitative estimate of drug-likeness (QED) is 0.825. The Labute approximate surface area is 142 Å². The topological polar surface area (TPSA) is 42.0 Å². The van der Waals surface area contributed by atoms with Crippen LogP contribution in [0.4, 0.5) is 4.39 Å². The van der Waals surface area contributed by atoms with Crippen LogP contribution in [0.3, 0.4) is 0 Å². The van der Waals surface area contributed by atoms with Gasteiger partial charge in [0.25, 0.3) is 0 Å². The smallest absolute Gasteiger partial charge is 0.188 e. The lowest BCUT2D eigenvalue weighted by Crippen LogP contribution is -2.29. The normalized spacial score (nSPS) is 17.6. The summed E-state index contributed by atoms with van der Waals surface area (Å²) < 4.78 is 13.6. The van der Waals surface area contributed by atoms with Crippen LogP contribution in [0.1, 0.15) is 40.9 Å². The number of hydrogen-bond acceptors (Lipinski definition) is 3. The summed E-state index contributed by atoms with van der Waals surface area (Å²) in [5.41, 5.74) is 2.11. The Morgan fingerprint density at radius 1 is 1.21 bits per heavy atom. The Morgan fingerprint density at radius 2 is 2.00 bits per heavy atom. The van der Waals surface area contributed by atoms with E-state index in [1.165, 1.54) is 43.2 Å².